The van der Waals surface area contributed by atoms with Crippen molar-refractivity contribution in [1.82, 2.24) is 0 Å². The fourth-order valence-electron chi connectivity index (χ4n) is 4.30. The summed E-state index contributed by atoms with van der Waals surface area (Å²) in [4.78, 5) is 38.2. The van der Waals surface area contributed by atoms with Crippen LogP contribution in [0.5, 0.6) is 0 Å². The predicted octanol–water partition coefficient (Wildman–Crippen LogP) is 7.46. The second-order valence-corrected chi connectivity index (χ2v) is 11.4. The molecule has 4 N–H and O–H groups in total. The Morgan fingerprint density at radius 2 is 1.18 bits per heavy atom. The van der Waals surface area contributed by atoms with Crippen molar-refractivity contribution in [2.24, 2.45) is 0 Å². The highest BCUT2D eigenvalue weighted by Gasteiger charge is 2.43. The topological polar surface area (TPSA) is 144 Å². The summed E-state index contributed by atoms with van der Waals surface area (Å²) in [6.07, 6.45) is -8.08. The molecular formula is C30H30Cl3N3O8. The molecule has 234 valence electrons. The van der Waals surface area contributed by atoms with E-state index in [1.807, 2.05) is 0 Å². The summed E-state index contributed by atoms with van der Waals surface area (Å²) in [6.45, 7) is 4.99. The van der Waals surface area contributed by atoms with Crippen molar-refractivity contribution in [2.45, 2.75) is 51.8 Å². The van der Waals surface area contributed by atoms with E-state index in [9.17, 15) is 19.5 Å². The van der Waals surface area contributed by atoms with Crippen LogP contribution in [0.25, 0.3) is 0 Å². The van der Waals surface area contributed by atoms with Gasteiger partial charge in [0.15, 0.2) is 12.4 Å². The van der Waals surface area contributed by atoms with Gasteiger partial charge in [0.1, 0.15) is 12.7 Å². The molecule has 11 nitrogen and oxygen atoms in total. The van der Waals surface area contributed by atoms with Gasteiger partial charge >= 0.3 is 18.3 Å². The Labute approximate surface area is 268 Å². The average Bonchev–Trinajstić information content (AvgIpc) is 2.95. The number of benzene rings is 3. The first-order valence-electron chi connectivity index (χ1n) is 13.4. The summed E-state index contributed by atoms with van der Waals surface area (Å²) in [5.74, 6) is 0. The Bertz CT molecular complexity index is 1540. The van der Waals surface area contributed by atoms with Gasteiger partial charge in [0.25, 0.3) is 0 Å². The maximum Gasteiger partial charge on any atom is 0.412 e. The van der Waals surface area contributed by atoms with E-state index in [1.54, 1.807) is 69.3 Å². The molecule has 4 rings (SSSR count). The van der Waals surface area contributed by atoms with Gasteiger partial charge in [-0.1, -0.05) is 53.0 Å². The monoisotopic (exact) mass is 665 g/mol. The Morgan fingerprint density at radius 1 is 0.750 bits per heavy atom. The molecule has 0 aliphatic carbocycles. The molecule has 4 atom stereocenters. The van der Waals surface area contributed by atoms with Gasteiger partial charge in [0, 0.05) is 38.6 Å². The molecule has 1 heterocycles. The molecule has 0 radical (unpaired) electrons. The van der Waals surface area contributed by atoms with Gasteiger partial charge in [0.2, 0.25) is 0 Å². The SMILES string of the molecule is Cc1ccc(Cl)cc1NC(=O)OC[C@@H]1C[C@H](OC(=O)Nc2cc(Cl)ccc2C)[C@@H](OC(=O)Nc2cc(Cl)ccc2C)[C@@H](O)O1. The van der Waals surface area contributed by atoms with Gasteiger partial charge in [-0.05, 0) is 73.9 Å². The van der Waals surface area contributed by atoms with Crippen molar-refractivity contribution in [3.8, 4) is 0 Å². The van der Waals surface area contributed by atoms with Gasteiger partial charge in [-0.15, -0.1) is 0 Å². The van der Waals surface area contributed by atoms with E-state index >= 15 is 0 Å². The van der Waals surface area contributed by atoms with Crippen molar-refractivity contribution in [3.63, 3.8) is 0 Å². The second-order valence-electron chi connectivity index (χ2n) is 10.0. The summed E-state index contributed by atoms with van der Waals surface area (Å²) in [5.41, 5.74) is 3.42. The lowest BCUT2D eigenvalue weighted by Crippen LogP contribution is -2.53. The largest absolute Gasteiger partial charge is 0.447 e. The quantitative estimate of drug-likeness (QED) is 0.190. The third-order valence-electron chi connectivity index (χ3n) is 6.69. The number of anilines is 3. The molecule has 44 heavy (non-hydrogen) atoms. The van der Waals surface area contributed by atoms with Crippen LogP contribution in [0, 0.1) is 20.8 Å². The van der Waals surface area contributed by atoms with E-state index in [4.69, 9.17) is 53.8 Å². The van der Waals surface area contributed by atoms with Gasteiger partial charge in [0.05, 0.1) is 6.10 Å². The van der Waals surface area contributed by atoms with Crippen LogP contribution in [-0.2, 0) is 18.9 Å². The Hall–Kier alpha value is -3.74. The number of rotatable bonds is 7. The number of hydrogen-bond donors (Lipinski definition) is 4. The Balaban J connectivity index is 1.45. The normalized spacial score (nSPS) is 19.4. The molecule has 1 saturated heterocycles. The fraction of sp³-hybridized carbons (Fsp3) is 0.300. The number of aryl methyl sites for hydroxylation is 3. The molecular weight excluding hydrogens is 637 g/mol. The molecule has 0 saturated carbocycles. The minimum atomic E-state index is -1.74. The van der Waals surface area contributed by atoms with Gasteiger partial charge in [-0.2, -0.15) is 0 Å². The van der Waals surface area contributed by atoms with Crippen molar-refractivity contribution in [1.29, 1.82) is 0 Å². The second kappa shape index (κ2) is 14.8. The fourth-order valence-corrected chi connectivity index (χ4v) is 4.82. The number of ether oxygens (including phenoxy) is 4. The first kappa shape index (κ1) is 33.2. The van der Waals surface area contributed by atoms with E-state index in [2.05, 4.69) is 16.0 Å². The third-order valence-corrected chi connectivity index (χ3v) is 7.39. The van der Waals surface area contributed by atoms with Crippen LogP contribution in [0.4, 0.5) is 31.4 Å². The van der Waals surface area contributed by atoms with Gasteiger partial charge in [-0.3, -0.25) is 16.0 Å². The first-order chi connectivity index (χ1) is 20.9. The zero-order valence-corrected chi connectivity index (χ0v) is 26.1. The lowest BCUT2D eigenvalue weighted by molar-refractivity contribution is -0.248. The highest BCUT2D eigenvalue weighted by Crippen LogP contribution is 2.28. The molecule has 3 amide bonds. The van der Waals surface area contributed by atoms with Crippen LogP contribution in [-0.4, -0.2) is 54.6 Å². The summed E-state index contributed by atoms with van der Waals surface area (Å²) < 4.78 is 21.9. The standard InChI is InChI=1S/C30H30Cl3N3O8/c1-15-4-7-18(31)10-22(15)34-28(38)41-14-21-13-25(43-29(39)35-23-11-19(32)8-5-16(23)2)26(27(37)42-21)44-30(40)36-24-12-20(33)9-6-17(24)3/h4-12,21,25-27,37H,13-14H2,1-3H3,(H,34,38)(H,35,39)(H,36,40)/t21-,25-,26+,27-/m0/s1. The van der Waals surface area contributed by atoms with Gasteiger partial charge in [-0.25, -0.2) is 14.4 Å². The molecule has 0 bridgehead atoms. The van der Waals surface area contributed by atoms with Crippen LogP contribution in [0.1, 0.15) is 23.1 Å². The van der Waals surface area contributed by atoms with Crippen molar-refractivity contribution in [3.05, 3.63) is 86.4 Å². The minimum absolute atomic E-state index is 0.101. The molecule has 14 heteroatoms. The van der Waals surface area contributed by atoms with Gasteiger partial charge < -0.3 is 24.1 Å². The summed E-state index contributed by atoms with van der Waals surface area (Å²) >= 11 is 18.1. The van der Waals surface area contributed by atoms with E-state index in [0.29, 0.717) is 37.7 Å². The minimum Gasteiger partial charge on any atom is -0.447 e. The predicted molar refractivity (Wildman–Crippen MR) is 167 cm³/mol. The molecule has 1 aliphatic heterocycles. The molecule has 0 spiro atoms. The summed E-state index contributed by atoms with van der Waals surface area (Å²) in [7, 11) is 0. The van der Waals surface area contributed by atoms with E-state index in [-0.39, 0.29) is 13.0 Å². The number of carbonyl (C=O) groups excluding carboxylic acids is 3. The molecule has 0 aromatic heterocycles. The number of nitrogens with one attached hydrogen (secondary N) is 3. The molecule has 3 aromatic carbocycles. The van der Waals surface area contributed by atoms with E-state index in [1.165, 1.54) is 6.07 Å². The molecule has 1 aliphatic rings. The number of hydrogen-bond acceptors (Lipinski definition) is 8. The number of halogens is 3. The van der Waals surface area contributed by atoms with Crippen LogP contribution < -0.4 is 16.0 Å². The summed E-state index contributed by atoms with van der Waals surface area (Å²) in [5, 5.41) is 19.8. The third kappa shape index (κ3) is 9.13. The van der Waals surface area contributed by atoms with Crippen LogP contribution >= 0.6 is 34.8 Å². The maximum atomic E-state index is 12.9. The van der Waals surface area contributed by atoms with Crippen LogP contribution in [0.3, 0.4) is 0 Å². The number of aliphatic hydroxyl groups is 1. The molecule has 1 fully saturated rings. The zero-order valence-electron chi connectivity index (χ0n) is 23.9. The first-order valence-corrected chi connectivity index (χ1v) is 14.5. The lowest BCUT2D eigenvalue weighted by atomic mass is 10.0. The van der Waals surface area contributed by atoms with Crippen LogP contribution in [0.15, 0.2) is 54.6 Å². The van der Waals surface area contributed by atoms with Crippen LogP contribution in [0.2, 0.25) is 15.1 Å². The van der Waals surface area contributed by atoms with E-state index in [0.717, 1.165) is 11.1 Å². The smallest absolute Gasteiger partial charge is 0.412 e. The van der Waals surface area contributed by atoms with E-state index < -0.39 is 42.9 Å². The number of aliphatic hydroxyl groups excluding tert-OH is 1. The zero-order chi connectivity index (χ0) is 32.0. The Morgan fingerprint density at radius 3 is 1.66 bits per heavy atom. The van der Waals surface area contributed by atoms with Crippen molar-refractivity contribution in [2.75, 3.05) is 22.6 Å². The highest BCUT2D eigenvalue weighted by molar-refractivity contribution is 6.31. The highest BCUT2D eigenvalue weighted by atomic mass is 35.5. The summed E-state index contributed by atoms with van der Waals surface area (Å²) in [6, 6.07) is 14.8. The average molecular weight is 667 g/mol. The Kier molecular flexibility index (Phi) is 11.2. The lowest BCUT2D eigenvalue weighted by Gasteiger charge is -2.38. The molecule has 0 unspecified atom stereocenters. The van der Waals surface area contributed by atoms with Crippen molar-refractivity contribution < 1.29 is 38.4 Å². The number of carbonyl (C=O) groups is 3. The van der Waals surface area contributed by atoms with Crippen molar-refractivity contribution >= 4 is 70.1 Å². The molecule has 3 aromatic rings. The maximum absolute atomic E-state index is 12.9. The number of amides is 3.